The SMILES string of the molecule is COc1cc(/C=C/C(=O)c2ccc(OCC(=O)O)cc2)c([N+](=O)[O-])cc1OC. The first kappa shape index (κ1) is 20.4. The number of rotatable bonds is 9. The lowest BCUT2D eigenvalue weighted by molar-refractivity contribution is -0.385. The average Bonchev–Trinajstić information content (AvgIpc) is 2.69. The summed E-state index contributed by atoms with van der Waals surface area (Å²) >= 11 is 0. The molecule has 2 aromatic carbocycles. The van der Waals surface area contributed by atoms with Crippen LogP contribution in [0.25, 0.3) is 6.08 Å². The molecule has 0 aliphatic rings. The Morgan fingerprint density at radius 3 is 2.25 bits per heavy atom. The van der Waals surface area contributed by atoms with Gasteiger partial charge < -0.3 is 19.3 Å². The van der Waals surface area contributed by atoms with Crippen LogP contribution in [0.2, 0.25) is 0 Å². The van der Waals surface area contributed by atoms with E-state index in [0.29, 0.717) is 17.1 Å². The Bertz CT molecular complexity index is 918. The van der Waals surface area contributed by atoms with Gasteiger partial charge in [0.05, 0.1) is 30.8 Å². The van der Waals surface area contributed by atoms with Gasteiger partial charge in [-0.05, 0) is 42.5 Å². The molecule has 9 nitrogen and oxygen atoms in total. The number of methoxy groups -OCH3 is 2. The smallest absolute Gasteiger partial charge is 0.341 e. The molecule has 2 aromatic rings. The molecule has 0 saturated carbocycles. The molecule has 0 fully saturated rings. The van der Waals surface area contributed by atoms with Crippen molar-refractivity contribution in [2.24, 2.45) is 0 Å². The normalized spacial score (nSPS) is 10.5. The van der Waals surface area contributed by atoms with Gasteiger partial charge in [-0.2, -0.15) is 0 Å². The van der Waals surface area contributed by atoms with E-state index in [1.165, 1.54) is 62.8 Å². The van der Waals surface area contributed by atoms with Gasteiger partial charge in [-0.1, -0.05) is 0 Å². The van der Waals surface area contributed by atoms with Crippen molar-refractivity contribution in [3.63, 3.8) is 0 Å². The van der Waals surface area contributed by atoms with E-state index < -0.39 is 23.3 Å². The molecule has 0 atom stereocenters. The lowest BCUT2D eigenvalue weighted by Crippen LogP contribution is -2.09. The third-order valence-corrected chi connectivity index (χ3v) is 3.64. The van der Waals surface area contributed by atoms with E-state index in [4.69, 9.17) is 19.3 Å². The summed E-state index contributed by atoms with van der Waals surface area (Å²) in [6, 6.07) is 8.48. The molecule has 0 aliphatic heterocycles. The summed E-state index contributed by atoms with van der Waals surface area (Å²) in [5.74, 6) is -0.707. The van der Waals surface area contributed by atoms with Crippen LogP contribution in [0.1, 0.15) is 15.9 Å². The highest BCUT2D eigenvalue weighted by molar-refractivity contribution is 6.07. The number of aliphatic carboxylic acids is 1. The summed E-state index contributed by atoms with van der Waals surface area (Å²) < 4.78 is 15.2. The molecule has 0 spiro atoms. The van der Waals surface area contributed by atoms with Crippen LogP contribution in [-0.4, -0.2) is 42.6 Å². The fourth-order valence-corrected chi connectivity index (χ4v) is 2.30. The van der Waals surface area contributed by atoms with Gasteiger partial charge in [0.1, 0.15) is 5.75 Å². The van der Waals surface area contributed by atoms with Gasteiger partial charge in [0.2, 0.25) is 0 Å². The van der Waals surface area contributed by atoms with E-state index in [9.17, 15) is 19.7 Å². The third kappa shape index (κ3) is 5.07. The maximum atomic E-state index is 12.3. The number of nitro groups is 1. The molecular weight excluding hydrogens is 370 g/mol. The lowest BCUT2D eigenvalue weighted by Gasteiger charge is -2.08. The molecule has 0 aliphatic carbocycles. The molecular formula is C19H17NO8. The molecule has 2 rings (SSSR count). The minimum atomic E-state index is -1.11. The Labute approximate surface area is 159 Å². The minimum Gasteiger partial charge on any atom is -0.493 e. The van der Waals surface area contributed by atoms with Gasteiger partial charge in [0, 0.05) is 5.56 Å². The van der Waals surface area contributed by atoms with Gasteiger partial charge in [-0.3, -0.25) is 14.9 Å². The molecule has 0 heterocycles. The Balaban J connectivity index is 2.23. The van der Waals surface area contributed by atoms with Crippen molar-refractivity contribution in [3.8, 4) is 17.2 Å². The molecule has 0 amide bonds. The number of hydrogen-bond donors (Lipinski definition) is 1. The van der Waals surface area contributed by atoms with Gasteiger partial charge in [-0.25, -0.2) is 4.79 Å². The maximum absolute atomic E-state index is 12.3. The second-order valence-corrected chi connectivity index (χ2v) is 5.43. The van der Waals surface area contributed by atoms with E-state index in [0.717, 1.165) is 0 Å². The van der Waals surface area contributed by atoms with E-state index >= 15 is 0 Å². The van der Waals surface area contributed by atoms with Crippen molar-refractivity contribution in [2.45, 2.75) is 0 Å². The number of ether oxygens (including phenoxy) is 3. The van der Waals surface area contributed by atoms with Crippen molar-refractivity contribution in [2.75, 3.05) is 20.8 Å². The average molecular weight is 387 g/mol. The number of nitro benzene ring substituents is 1. The van der Waals surface area contributed by atoms with Crippen LogP contribution < -0.4 is 14.2 Å². The van der Waals surface area contributed by atoms with Gasteiger partial charge in [0.15, 0.2) is 23.9 Å². The van der Waals surface area contributed by atoms with Gasteiger partial charge in [-0.15, -0.1) is 0 Å². The van der Waals surface area contributed by atoms with Crippen molar-refractivity contribution < 1.29 is 33.8 Å². The number of ketones is 1. The number of allylic oxidation sites excluding steroid dienone is 1. The van der Waals surface area contributed by atoms with Gasteiger partial charge in [0.25, 0.3) is 5.69 Å². The zero-order valence-corrected chi connectivity index (χ0v) is 15.1. The van der Waals surface area contributed by atoms with Crippen molar-refractivity contribution in [1.29, 1.82) is 0 Å². The number of nitrogens with zero attached hydrogens (tertiary/aromatic N) is 1. The molecule has 28 heavy (non-hydrogen) atoms. The number of carbonyl (C=O) groups is 2. The number of carboxylic acid groups (broad SMARTS) is 1. The first-order valence-corrected chi connectivity index (χ1v) is 7.93. The standard InChI is InChI=1S/C19H17NO8/c1-26-17-9-13(15(20(24)25)10-18(17)27-2)5-8-16(21)12-3-6-14(7-4-12)28-11-19(22)23/h3-10H,11H2,1-2H3,(H,22,23)/b8-5+. The fourth-order valence-electron chi connectivity index (χ4n) is 2.30. The van der Waals surface area contributed by atoms with E-state index in [-0.39, 0.29) is 17.0 Å². The zero-order valence-electron chi connectivity index (χ0n) is 15.1. The summed E-state index contributed by atoms with van der Waals surface area (Å²) in [5, 5.41) is 19.9. The minimum absolute atomic E-state index is 0.178. The second-order valence-electron chi connectivity index (χ2n) is 5.43. The molecule has 9 heteroatoms. The van der Waals surface area contributed by atoms with E-state index in [1.807, 2.05) is 0 Å². The maximum Gasteiger partial charge on any atom is 0.341 e. The van der Waals surface area contributed by atoms with Gasteiger partial charge >= 0.3 is 5.97 Å². The Morgan fingerprint density at radius 1 is 1.11 bits per heavy atom. The molecule has 0 aromatic heterocycles. The zero-order chi connectivity index (χ0) is 20.7. The van der Waals surface area contributed by atoms with Crippen molar-refractivity contribution >= 4 is 23.5 Å². The number of carboxylic acids is 1. The summed E-state index contributed by atoms with van der Waals surface area (Å²) in [4.78, 5) is 33.5. The number of carbonyl (C=O) groups excluding carboxylic acids is 1. The quantitative estimate of drug-likeness (QED) is 0.301. The topological polar surface area (TPSA) is 125 Å². The molecule has 0 bridgehead atoms. The van der Waals surface area contributed by atoms with E-state index in [1.54, 1.807) is 0 Å². The Kier molecular flexibility index (Phi) is 6.69. The molecule has 1 N–H and O–H groups in total. The van der Waals surface area contributed by atoms with Crippen LogP contribution >= 0.6 is 0 Å². The summed E-state index contributed by atoms with van der Waals surface area (Å²) in [6.07, 6.45) is 2.51. The molecule has 0 saturated heterocycles. The van der Waals surface area contributed by atoms with Crippen LogP contribution in [0.4, 0.5) is 5.69 Å². The highest BCUT2D eigenvalue weighted by Crippen LogP contribution is 2.35. The summed E-state index contributed by atoms with van der Waals surface area (Å²) in [6.45, 7) is -0.490. The predicted molar refractivity (Wildman–Crippen MR) is 99.1 cm³/mol. The predicted octanol–water partition coefficient (Wildman–Crippen LogP) is 2.97. The summed E-state index contributed by atoms with van der Waals surface area (Å²) in [7, 11) is 2.76. The second kappa shape index (κ2) is 9.17. The summed E-state index contributed by atoms with van der Waals surface area (Å²) in [5.41, 5.74) is 0.249. The van der Waals surface area contributed by atoms with Crippen LogP contribution in [0, 0.1) is 10.1 Å². The van der Waals surface area contributed by atoms with Crippen LogP contribution in [-0.2, 0) is 4.79 Å². The fraction of sp³-hybridized carbons (Fsp3) is 0.158. The highest BCUT2D eigenvalue weighted by Gasteiger charge is 2.18. The van der Waals surface area contributed by atoms with Crippen LogP contribution in [0.15, 0.2) is 42.5 Å². The van der Waals surface area contributed by atoms with E-state index in [2.05, 4.69) is 0 Å². The molecule has 0 unspecified atom stereocenters. The van der Waals surface area contributed by atoms with Crippen LogP contribution in [0.3, 0.4) is 0 Å². The van der Waals surface area contributed by atoms with Crippen molar-refractivity contribution in [1.82, 2.24) is 0 Å². The number of benzene rings is 2. The molecule has 0 radical (unpaired) electrons. The lowest BCUT2D eigenvalue weighted by atomic mass is 10.1. The Morgan fingerprint density at radius 2 is 1.71 bits per heavy atom. The monoisotopic (exact) mass is 387 g/mol. The number of hydrogen-bond acceptors (Lipinski definition) is 7. The first-order valence-electron chi connectivity index (χ1n) is 7.93. The first-order chi connectivity index (χ1) is 13.3. The van der Waals surface area contributed by atoms with Crippen molar-refractivity contribution in [3.05, 3.63) is 63.7 Å². The highest BCUT2D eigenvalue weighted by atomic mass is 16.6. The Hall–Kier alpha value is -3.88. The molecule has 146 valence electrons. The van der Waals surface area contributed by atoms with Crippen LogP contribution in [0.5, 0.6) is 17.2 Å². The third-order valence-electron chi connectivity index (χ3n) is 3.64. The largest absolute Gasteiger partial charge is 0.493 e.